The maximum absolute atomic E-state index is 11.9. The summed E-state index contributed by atoms with van der Waals surface area (Å²) in [5.41, 5.74) is 0.504. The molecule has 1 amide bonds. The number of rotatable bonds is 6. The Labute approximate surface area is 145 Å². The number of benzene rings is 2. The molecule has 0 aliphatic heterocycles. The van der Waals surface area contributed by atoms with Crippen molar-refractivity contribution in [3.05, 3.63) is 56.1 Å². The van der Waals surface area contributed by atoms with Crippen LogP contribution >= 0.6 is 22.6 Å². The largest absolute Gasteiger partial charge is 0.493 e. The number of hydrogen-bond acceptors (Lipinski definition) is 5. The van der Waals surface area contributed by atoms with Crippen molar-refractivity contribution in [1.82, 2.24) is 0 Å². The lowest BCUT2D eigenvalue weighted by Crippen LogP contribution is -2.20. The van der Waals surface area contributed by atoms with Gasteiger partial charge in [-0.3, -0.25) is 14.9 Å². The Morgan fingerprint density at radius 3 is 2.52 bits per heavy atom. The first-order valence-electron chi connectivity index (χ1n) is 6.50. The predicted octanol–water partition coefficient (Wildman–Crippen LogP) is 3.23. The minimum atomic E-state index is -0.544. The summed E-state index contributed by atoms with van der Waals surface area (Å²) in [5.74, 6) is 0.0805. The number of nitrogens with one attached hydrogen (secondary N) is 1. The lowest BCUT2D eigenvalue weighted by Gasteiger charge is -2.10. The first-order chi connectivity index (χ1) is 11.0. The highest BCUT2D eigenvalue weighted by Gasteiger charge is 2.14. The van der Waals surface area contributed by atoms with Crippen molar-refractivity contribution in [3.63, 3.8) is 0 Å². The molecule has 0 bridgehead atoms. The number of anilines is 1. The van der Waals surface area contributed by atoms with E-state index in [-0.39, 0.29) is 24.0 Å². The van der Waals surface area contributed by atoms with Crippen LogP contribution in [0.3, 0.4) is 0 Å². The molecule has 0 fully saturated rings. The topological polar surface area (TPSA) is 90.7 Å². The molecule has 0 heterocycles. The van der Waals surface area contributed by atoms with Crippen molar-refractivity contribution >= 4 is 39.9 Å². The van der Waals surface area contributed by atoms with Crippen LogP contribution in [0.5, 0.6) is 11.5 Å². The zero-order chi connectivity index (χ0) is 16.8. The molecule has 7 nitrogen and oxygen atoms in total. The maximum Gasteiger partial charge on any atom is 0.273 e. The number of hydrogen-bond donors (Lipinski definition) is 1. The highest BCUT2D eigenvalue weighted by Crippen LogP contribution is 2.31. The number of nitro benzene ring substituents is 1. The molecule has 0 saturated heterocycles. The molecule has 8 heteroatoms. The Bertz CT molecular complexity index is 718. The van der Waals surface area contributed by atoms with Crippen LogP contribution in [0.4, 0.5) is 11.4 Å². The molecule has 0 saturated carbocycles. The highest BCUT2D eigenvalue weighted by molar-refractivity contribution is 14.1. The Kier molecular flexibility index (Phi) is 5.74. The summed E-state index contributed by atoms with van der Waals surface area (Å²) >= 11 is 2.16. The molecular weight excluding hydrogens is 415 g/mol. The lowest BCUT2D eigenvalue weighted by atomic mass is 10.3. The Balaban J connectivity index is 2.01. The van der Waals surface area contributed by atoms with E-state index in [0.717, 1.165) is 3.57 Å². The molecule has 0 unspecified atom stereocenters. The average Bonchev–Trinajstić information content (AvgIpc) is 2.54. The van der Waals surface area contributed by atoms with E-state index in [9.17, 15) is 14.9 Å². The number of nitro groups is 1. The van der Waals surface area contributed by atoms with E-state index in [0.29, 0.717) is 11.4 Å². The second-order valence-electron chi connectivity index (χ2n) is 4.44. The molecule has 0 atom stereocenters. The summed E-state index contributed by atoms with van der Waals surface area (Å²) in [6.45, 7) is -0.288. The van der Waals surface area contributed by atoms with Gasteiger partial charge in [-0.1, -0.05) is 0 Å². The van der Waals surface area contributed by atoms with Crippen LogP contribution in [0, 0.1) is 13.7 Å². The molecule has 23 heavy (non-hydrogen) atoms. The zero-order valence-electron chi connectivity index (χ0n) is 12.1. The first kappa shape index (κ1) is 17.0. The summed E-state index contributed by atoms with van der Waals surface area (Å²) in [6, 6.07) is 11.2. The number of halogens is 1. The lowest BCUT2D eigenvalue weighted by molar-refractivity contribution is -0.385. The van der Waals surface area contributed by atoms with Gasteiger partial charge in [0.05, 0.1) is 18.1 Å². The molecule has 2 rings (SSSR count). The van der Waals surface area contributed by atoms with Crippen LogP contribution in [0.15, 0.2) is 42.5 Å². The maximum atomic E-state index is 11.9. The van der Waals surface area contributed by atoms with E-state index in [2.05, 4.69) is 27.9 Å². The van der Waals surface area contributed by atoms with Crippen LogP contribution < -0.4 is 14.8 Å². The van der Waals surface area contributed by atoms with Crippen molar-refractivity contribution in [3.8, 4) is 11.5 Å². The Morgan fingerprint density at radius 2 is 1.91 bits per heavy atom. The SMILES string of the molecule is COc1ccc([N+](=O)[O-])cc1OCC(=O)Nc1ccc(I)cc1. The van der Waals surface area contributed by atoms with Gasteiger partial charge in [0.1, 0.15) is 0 Å². The molecule has 2 aromatic rings. The molecular formula is C15H13IN2O5. The average molecular weight is 428 g/mol. The first-order valence-corrected chi connectivity index (χ1v) is 7.58. The number of carbonyl (C=O) groups is 1. The third-order valence-electron chi connectivity index (χ3n) is 2.84. The minimum absolute atomic E-state index is 0.138. The summed E-state index contributed by atoms with van der Waals surface area (Å²) in [4.78, 5) is 22.1. The van der Waals surface area contributed by atoms with Crippen molar-refractivity contribution in [2.45, 2.75) is 0 Å². The smallest absolute Gasteiger partial charge is 0.273 e. The van der Waals surface area contributed by atoms with Crippen LogP contribution in [-0.4, -0.2) is 24.5 Å². The quantitative estimate of drug-likeness (QED) is 0.434. The van der Waals surface area contributed by atoms with Crippen LogP contribution in [0.2, 0.25) is 0 Å². The third kappa shape index (κ3) is 4.81. The molecule has 0 aliphatic carbocycles. The van der Waals surface area contributed by atoms with Crippen LogP contribution in [-0.2, 0) is 4.79 Å². The summed E-state index contributed by atoms with van der Waals surface area (Å²) < 4.78 is 11.5. The second kappa shape index (κ2) is 7.77. The van der Waals surface area contributed by atoms with Gasteiger partial charge in [0, 0.05) is 15.3 Å². The standard InChI is InChI=1S/C15H13IN2O5/c1-22-13-7-6-12(18(20)21)8-14(13)23-9-15(19)17-11-4-2-10(16)3-5-11/h2-8H,9H2,1H3,(H,17,19). The monoisotopic (exact) mass is 428 g/mol. The number of amides is 1. The van der Waals surface area contributed by atoms with E-state index in [4.69, 9.17) is 9.47 Å². The minimum Gasteiger partial charge on any atom is -0.493 e. The zero-order valence-corrected chi connectivity index (χ0v) is 14.3. The van der Waals surface area contributed by atoms with Crippen molar-refractivity contribution in [2.24, 2.45) is 0 Å². The van der Waals surface area contributed by atoms with Gasteiger partial charge < -0.3 is 14.8 Å². The third-order valence-corrected chi connectivity index (χ3v) is 3.56. The van der Waals surface area contributed by atoms with Gasteiger partial charge in [-0.25, -0.2) is 0 Å². The van der Waals surface area contributed by atoms with Gasteiger partial charge in [0.25, 0.3) is 11.6 Å². The van der Waals surface area contributed by atoms with Crippen molar-refractivity contribution in [1.29, 1.82) is 0 Å². The Hall–Kier alpha value is -2.36. The molecule has 0 aromatic heterocycles. The van der Waals surface area contributed by atoms with Gasteiger partial charge in [0.15, 0.2) is 18.1 Å². The summed E-state index contributed by atoms with van der Waals surface area (Å²) in [7, 11) is 1.42. The van der Waals surface area contributed by atoms with Crippen molar-refractivity contribution in [2.75, 3.05) is 19.0 Å². The normalized spacial score (nSPS) is 10.0. The fourth-order valence-electron chi connectivity index (χ4n) is 1.77. The highest BCUT2D eigenvalue weighted by atomic mass is 127. The fourth-order valence-corrected chi connectivity index (χ4v) is 2.12. The van der Waals surface area contributed by atoms with E-state index >= 15 is 0 Å². The van der Waals surface area contributed by atoms with E-state index in [1.54, 1.807) is 12.1 Å². The van der Waals surface area contributed by atoms with Crippen molar-refractivity contribution < 1.29 is 19.2 Å². The Morgan fingerprint density at radius 1 is 1.22 bits per heavy atom. The number of ether oxygens (including phenoxy) is 2. The predicted molar refractivity (Wildman–Crippen MR) is 92.9 cm³/mol. The summed E-state index contributed by atoms with van der Waals surface area (Å²) in [6.07, 6.45) is 0. The van der Waals surface area contributed by atoms with Crippen LogP contribution in [0.1, 0.15) is 0 Å². The molecule has 2 aromatic carbocycles. The molecule has 120 valence electrons. The van der Waals surface area contributed by atoms with E-state index in [1.165, 1.54) is 25.3 Å². The van der Waals surface area contributed by atoms with Crippen LogP contribution in [0.25, 0.3) is 0 Å². The molecule has 0 spiro atoms. The number of nitrogens with zero attached hydrogens (tertiary/aromatic N) is 1. The number of methoxy groups -OCH3 is 1. The van der Waals surface area contributed by atoms with Gasteiger partial charge in [-0.05, 0) is 52.9 Å². The summed E-state index contributed by atoms with van der Waals surface area (Å²) in [5, 5.41) is 13.5. The van der Waals surface area contributed by atoms with Gasteiger partial charge >= 0.3 is 0 Å². The van der Waals surface area contributed by atoms with E-state index < -0.39 is 4.92 Å². The molecule has 0 aliphatic rings. The molecule has 0 radical (unpaired) electrons. The second-order valence-corrected chi connectivity index (χ2v) is 5.68. The molecule has 1 N–H and O–H groups in total. The van der Waals surface area contributed by atoms with Gasteiger partial charge in [-0.15, -0.1) is 0 Å². The van der Waals surface area contributed by atoms with Gasteiger partial charge in [0.2, 0.25) is 0 Å². The number of carbonyl (C=O) groups excluding carboxylic acids is 1. The number of non-ortho nitro benzene ring substituents is 1. The fraction of sp³-hybridized carbons (Fsp3) is 0.133. The van der Waals surface area contributed by atoms with E-state index in [1.807, 2.05) is 12.1 Å². The van der Waals surface area contributed by atoms with Gasteiger partial charge in [-0.2, -0.15) is 0 Å².